The number of hydrogen-bond donors (Lipinski definition) is 1. The number of hydrogen-bond acceptors (Lipinski definition) is 3. The van der Waals surface area contributed by atoms with Crippen LogP contribution in [-0.4, -0.2) is 20.9 Å². The predicted molar refractivity (Wildman–Crippen MR) is 72.4 cm³/mol. The number of halogens is 1. The van der Waals surface area contributed by atoms with Crippen LogP contribution < -0.4 is 0 Å². The average Bonchev–Trinajstić information content (AvgIpc) is 2.65. The smallest absolute Gasteiger partial charge is 0.335 e. The highest BCUT2D eigenvalue weighted by atomic mass is 79.9. The maximum Gasteiger partial charge on any atom is 0.335 e. The number of carboxylic acid groups (broad SMARTS) is 1. The maximum absolute atomic E-state index is 10.9. The van der Waals surface area contributed by atoms with Crippen LogP contribution in [-0.2, 0) is 0 Å². The number of rotatable bonds is 2. The van der Waals surface area contributed by atoms with Crippen LogP contribution in [0, 0.1) is 25.2 Å². The number of benzene rings is 1. The highest BCUT2D eigenvalue weighted by molar-refractivity contribution is 9.10. The molecule has 6 heteroatoms. The van der Waals surface area contributed by atoms with Crippen LogP contribution in [0.2, 0.25) is 0 Å². The van der Waals surface area contributed by atoms with Crippen LogP contribution in [0.5, 0.6) is 0 Å². The largest absolute Gasteiger partial charge is 0.478 e. The molecule has 0 aliphatic rings. The molecule has 0 saturated carbocycles. The van der Waals surface area contributed by atoms with Gasteiger partial charge in [0.25, 0.3) is 0 Å². The second-order valence-electron chi connectivity index (χ2n) is 4.05. The monoisotopic (exact) mass is 319 g/mol. The fourth-order valence-corrected chi connectivity index (χ4v) is 2.05. The first-order valence-corrected chi connectivity index (χ1v) is 6.24. The molecule has 0 spiro atoms. The Morgan fingerprint density at radius 1 is 1.47 bits per heavy atom. The fourth-order valence-electron chi connectivity index (χ4n) is 1.80. The zero-order valence-electron chi connectivity index (χ0n) is 10.3. The van der Waals surface area contributed by atoms with E-state index in [1.165, 1.54) is 12.1 Å². The van der Waals surface area contributed by atoms with E-state index in [0.717, 1.165) is 15.9 Å². The topological polar surface area (TPSA) is 78.9 Å². The Bertz CT molecular complexity index is 713. The lowest BCUT2D eigenvalue weighted by Gasteiger charge is -2.07. The van der Waals surface area contributed by atoms with Gasteiger partial charge in [-0.1, -0.05) is 0 Å². The van der Waals surface area contributed by atoms with Crippen molar-refractivity contribution in [1.29, 1.82) is 5.26 Å². The second-order valence-corrected chi connectivity index (χ2v) is 4.84. The summed E-state index contributed by atoms with van der Waals surface area (Å²) in [7, 11) is 0. The van der Waals surface area contributed by atoms with Crippen molar-refractivity contribution in [2.75, 3.05) is 0 Å². The molecule has 5 nitrogen and oxygen atoms in total. The van der Waals surface area contributed by atoms with Gasteiger partial charge in [0.1, 0.15) is 6.07 Å². The van der Waals surface area contributed by atoms with Gasteiger partial charge in [0.15, 0.2) is 0 Å². The molecule has 0 aliphatic heterocycles. The van der Waals surface area contributed by atoms with Gasteiger partial charge in [-0.05, 0) is 48.0 Å². The number of aromatic carboxylic acids is 1. The van der Waals surface area contributed by atoms with E-state index in [-0.39, 0.29) is 11.1 Å². The molecule has 0 unspecified atom stereocenters. The molecule has 2 aromatic rings. The number of nitriles is 1. The third-order valence-corrected chi connectivity index (χ3v) is 3.94. The van der Waals surface area contributed by atoms with E-state index in [0.29, 0.717) is 5.69 Å². The van der Waals surface area contributed by atoms with Crippen LogP contribution in [0.1, 0.15) is 27.3 Å². The van der Waals surface area contributed by atoms with E-state index >= 15 is 0 Å². The number of aryl methyl sites for hydroxylation is 1. The fraction of sp³-hybridized carbons (Fsp3) is 0.154. The molecule has 0 atom stereocenters. The van der Waals surface area contributed by atoms with E-state index in [2.05, 4.69) is 21.0 Å². The van der Waals surface area contributed by atoms with Gasteiger partial charge in [-0.15, -0.1) is 0 Å². The summed E-state index contributed by atoms with van der Waals surface area (Å²) in [5.41, 5.74) is 2.60. The molecule has 1 aromatic carbocycles. The van der Waals surface area contributed by atoms with Gasteiger partial charge in [0.2, 0.25) is 0 Å². The van der Waals surface area contributed by atoms with Crippen LogP contribution in [0.15, 0.2) is 22.7 Å². The quantitative estimate of drug-likeness (QED) is 0.923. The van der Waals surface area contributed by atoms with E-state index in [4.69, 9.17) is 10.4 Å². The summed E-state index contributed by atoms with van der Waals surface area (Å²) in [4.78, 5) is 10.9. The third kappa shape index (κ3) is 2.25. The minimum Gasteiger partial charge on any atom is -0.478 e. The van der Waals surface area contributed by atoms with E-state index < -0.39 is 5.97 Å². The van der Waals surface area contributed by atoms with E-state index in [1.807, 2.05) is 19.9 Å². The normalized spacial score (nSPS) is 10.2. The molecule has 0 fully saturated rings. The van der Waals surface area contributed by atoms with Crippen LogP contribution in [0.4, 0.5) is 0 Å². The Balaban J connectivity index is 2.66. The molecule has 0 bridgehead atoms. The molecular formula is C13H10BrN3O2. The highest BCUT2D eigenvalue weighted by Gasteiger charge is 2.15. The van der Waals surface area contributed by atoms with Crippen molar-refractivity contribution in [3.05, 3.63) is 45.2 Å². The molecule has 0 radical (unpaired) electrons. The lowest BCUT2D eigenvalue weighted by molar-refractivity contribution is 0.0697. The number of carboxylic acids is 1. The van der Waals surface area contributed by atoms with Crippen LogP contribution in [0.3, 0.4) is 0 Å². The second kappa shape index (κ2) is 4.86. The summed E-state index contributed by atoms with van der Waals surface area (Å²) in [6.07, 6.45) is 0. The molecule has 1 aromatic heterocycles. The number of carbonyl (C=O) groups is 1. The van der Waals surface area contributed by atoms with Gasteiger partial charge < -0.3 is 5.11 Å². The maximum atomic E-state index is 10.9. The predicted octanol–water partition coefficient (Wildman–Crippen LogP) is 2.82. The van der Waals surface area contributed by atoms with Crippen molar-refractivity contribution >= 4 is 21.9 Å². The summed E-state index contributed by atoms with van der Waals surface area (Å²) < 4.78 is 2.50. The summed E-state index contributed by atoms with van der Waals surface area (Å²) >= 11 is 3.42. The van der Waals surface area contributed by atoms with Crippen molar-refractivity contribution in [2.45, 2.75) is 13.8 Å². The Labute approximate surface area is 118 Å². The summed E-state index contributed by atoms with van der Waals surface area (Å²) in [5, 5.41) is 22.4. The van der Waals surface area contributed by atoms with Gasteiger partial charge >= 0.3 is 5.97 Å². The summed E-state index contributed by atoms with van der Waals surface area (Å²) in [6.45, 7) is 3.72. The van der Waals surface area contributed by atoms with Crippen molar-refractivity contribution in [3.8, 4) is 11.8 Å². The van der Waals surface area contributed by atoms with Gasteiger partial charge in [0, 0.05) is 0 Å². The zero-order chi connectivity index (χ0) is 14.2. The van der Waals surface area contributed by atoms with Crippen LogP contribution >= 0.6 is 15.9 Å². The van der Waals surface area contributed by atoms with Crippen molar-refractivity contribution in [3.63, 3.8) is 0 Å². The number of nitrogens with zero attached hydrogens (tertiary/aromatic N) is 3. The van der Waals surface area contributed by atoms with Gasteiger partial charge in [-0.25, -0.2) is 9.48 Å². The van der Waals surface area contributed by atoms with Crippen molar-refractivity contribution in [2.24, 2.45) is 0 Å². The number of aromatic nitrogens is 2. The average molecular weight is 320 g/mol. The van der Waals surface area contributed by atoms with Gasteiger partial charge in [0.05, 0.1) is 32.7 Å². The molecule has 96 valence electrons. The van der Waals surface area contributed by atoms with E-state index in [9.17, 15) is 4.79 Å². The lowest BCUT2D eigenvalue weighted by Crippen LogP contribution is -2.04. The van der Waals surface area contributed by atoms with Crippen molar-refractivity contribution in [1.82, 2.24) is 9.78 Å². The van der Waals surface area contributed by atoms with Gasteiger partial charge in [-0.2, -0.15) is 10.4 Å². The molecule has 1 N–H and O–H groups in total. The standard InChI is InChI=1S/C13H10BrN3O2/c1-7-12(14)8(2)17(16-7)11-4-3-9(13(18)19)5-10(11)6-15/h3-5H,1-2H3,(H,18,19). The van der Waals surface area contributed by atoms with Crippen LogP contribution in [0.25, 0.3) is 5.69 Å². The minimum atomic E-state index is -1.06. The first kappa shape index (κ1) is 13.3. The lowest BCUT2D eigenvalue weighted by atomic mass is 10.1. The zero-order valence-corrected chi connectivity index (χ0v) is 11.9. The Kier molecular flexibility index (Phi) is 3.40. The Hall–Kier alpha value is -2.13. The molecule has 2 rings (SSSR count). The molecule has 19 heavy (non-hydrogen) atoms. The molecule has 0 saturated heterocycles. The molecule has 0 amide bonds. The molecule has 1 heterocycles. The Morgan fingerprint density at radius 3 is 2.63 bits per heavy atom. The molecule has 0 aliphatic carbocycles. The Morgan fingerprint density at radius 2 is 2.16 bits per heavy atom. The first-order valence-electron chi connectivity index (χ1n) is 5.45. The SMILES string of the molecule is Cc1nn(-c2ccc(C(=O)O)cc2C#N)c(C)c1Br. The third-order valence-electron chi connectivity index (χ3n) is 2.80. The minimum absolute atomic E-state index is 0.0842. The summed E-state index contributed by atoms with van der Waals surface area (Å²) in [6, 6.07) is 6.41. The van der Waals surface area contributed by atoms with Crippen molar-refractivity contribution < 1.29 is 9.90 Å². The summed E-state index contributed by atoms with van der Waals surface area (Å²) in [5.74, 6) is -1.06. The molecular weight excluding hydrogens is 310 g/mol. The first-order chi connectivity index (χ1) is 8.95. The van der Waals surface area contributed by atoms with E-state index in [1.54, 1.807) is 10.7 Å². The van der Waals surface area contributed by atoms with Gasteiger partial charge in [-0.3, -0.25) is 0 Å². The highest BCUT2D eigenvalue weighted by Crippen LogP contribution is 2.25.